The van der Waals surface area contributed by atoms with Crippen molar-refractivity contribution < 1.29 is 24.0 Å². The van der Waals surface area contributed by atoms with E-state index in [9.17, 15) is 24.0 Å². The van der Waals surface area contributed by atoms with Crippen LogP contribution >= 0.6 is 45.2 Å². The monoisotopic (exact) mass is 958 g/mol. The Hall–Kier alpha value is -4.78. The highest BCUT2D eigenvalue weighted by Crippen LogP contribution is 2.18. The highest BCUT2D eigenvalue weighted by molar-refractivity contribution is 14.1. The number of guanidine groups is 1. The smallest absolute Gasteiger partial charge is 0.243 e. The fourth-order valence-corrected chi connectivity index (χ4v) is 6.51. The minimum Gasteiger partial charge on any atom is -0.370 e. The third kappa shape index (κ3) is 13.6. The largest absolute Gasteiger partial charge is 0.370 e. The number of nitrogens with zero attached hydrogens (tertiary/aromatic N) is 1. The molecule has 54 heavy (non-hydrogen) atoms. The molecule has 15 heteroatoms. The van der Waals surface area contributed by atoms with Gasteiger partial charge in [-0.15, -0.1) is 0 Å². The van der Waals surface area contributed by atoms with Gasteiger partial charge in [-0.1, -0.05) is 66.7 Å². The maximum Gasteiger partial charge on any atom is 0.243 e. The topological polar surface area (TPSA) is 224 Å². The van der Waals surface area contributed by atoms with E-state index in [1.165, 1.54) is 6.92 Å². The van der Waals surface area contributed by atoms with Gasteiger partial charge >= 0.3 is 0 Å². The zero-order valence-corrected chi connectivity index (χ0v) is 34.0. The molecule has 0 aliphatic carbocycles. The van der Waals surface area contributed by atoms with E-state index in [0.717, 1.165) is 34.6 Å². The zero-order valence-electron chi connectivity index (χ0n) is 29.7. The van der Waals surface area contributed by atoms with E-state index in [1.807, 2.05) is 91.0 Å². The first-order chi connectivity index (χ1) is 25.8. The van der Waals surface area contributed by atoms with Gasteiger partial charge in [0.25, 0.3) is 0 Å². The number of primary amides is 1. The van der Waals surface area contributed by atoms with Gasteiger partial charge in [0.15, 0.2) is 5.96 Å². The van der Waals surface area contributed by atoms with Crippen molar-refractivity contribution >= 4 is 91.4 Å². The second kappa shape index (κ2) is 20.6. The van der Waals surface area contributed by atoms with Crippen molar-refractivity contribution in [2.24, 2.45) is 22.2 Å². The van der Waals surface area contributed by atoms with Crippen LogP contribution < -0.4 is 38.5 Å². The molecule has 0 aliphatic rings. The lowest BCUT2D eigenvalue weighted by atomic mass is 9.99. The second-order valence-electron chi connectivity index (χ2n) is 12.8. The summed E-state index contributed by atoms with van der Waals surface area (Å²) in [5, 5.41) is 13.1. The highest BCUT2D eigenvalue weighted by atomic mass is 127. The molecule has 0 saturated heterocycles. The lowest BCUT2D eigenvalue weighted by molar-refractivity contribution is -0.134. The number of hydrogen-bond acceptors (Lipinski definition) is 6. The van der Waals surface area contributed by atoms with E-state index in [-0.39, 0.29) is 38.2 Å². The van der Waals surface area contributed by atoms with Gasteiger partial charge in [0.1, 0.15) is 24.2 Å². The Morgan fingerprint density at radius 3 is 1.52 bits per heavy atom. The quantitative estimate of drug-likeness (QED) is 0.0342. The number of aliphatic imine (C=N–C) groups is 1. The van der Waals surface area contributed by atoms with Crippen LogP contribution in [0.2, 0.25) is 0 Å². The van der Waals surface area contributed by atoms with Crippen molar-refractivity contribution in [3.8, 4) is 0 Å². The van der Waals surface area contributed by atoms with Gasteiger partial charge in [0, 0.05) is 39.9 Å². The van der Waals surface area contributed by atoms with Crippen molar-refractivity contribution in [3.63, 3.8) is 0 Å². The molecule has 0 fully saturated rings. The zero-order chi connectivity index (χ0) is 39.2. The number of carbonyl (C=O) groups excluding carboxylic acids is 5. The molecule has 4 atom stereocenters. The van der Waals surface area contributed by atoms with Crippen LogP contribution in [-0.2, 0) is 43.2 Å². The number of rotatable bonds is 18. The van der Waals surface area contributed by atoms with Gasteiger partial charge in [0.2, 0.25) is 29.5 Å². The Bertz CT molecular complexity index is 1970. The number of halogens is 2. The first-order valence-corrected chi connectivity index (χ1v) is 19.4. The Morgan fingerprint density at radius 1 is 0.593 bits per heavy atom. The summed E-state index contributed by atoms with van der Waals surface area (Å²) in [6.45, 7) is 1.55. The molecule has 4 aromatic rings. The van der Waals surface area contributed by atoms with Crippen molar-refractivity contribution in [1.82, 2.24) is 21.3 Å². The number of benzene rings is 4. The average molecular weight is 959 g/mol. The summed E-state index contributed by atoms with van der Waals surface area (Å²) in [5.74, 6) is -3.12. The van der Waals surface area contributed by atoms with Crippen LogP contribution in [0, 0.1) is 7.14 Å². The van der Waals surface area contributed by atoms with E-state index in [0.29, 0.717) is 6.42 Å². The summed E-state index contributed by atoms with van der Waals surface area (Å²) in [4.78, 5) is 70.6. The highest BCUT2D eigenvalue weighted by Gasteiger charge is 2.31. The molecule has 4 rings (SSSR count). The van der Waals surface area contributed by atoms with Crippen LogP contribution in [0.1, 0.15) is 36.5 Å². The van der Waals surface area contributed by atoms with E-state index in [1.54, 1.807) is 0 Å². The van der Waals surface area contributed by atoms with Crippen LogP contribution in [0.15, 0.2) is 96.0 Å². The Kier molecular flexibility index (Phi) is 16.0. The van der Waals surface area contributed by atoms with Crippen LogP contribution in [-0.4, -0.2) is 66.2 Å². The van der Waals surface area contributed by atoms with Gasteiger partial charge in [-0.25, -0.2) is 0 Å². The van der Waals surface area contributed by atoms with E-state index in [2.05, 4.69) is 71.4 Å². The fraction of sp³-hybridized carbons (Fsp3) is 0.282. The van der Waals surface area contributed by atoms with Gasteiger partial charge in [-0.05, 0) is 110 Å². The predicted octanol–water partition coefficient (Wildman–Crippen LogP) is 2.57. The molecular weight excluding hydrogens is 914 g/mol. The molecule has 5 amide bonds. The van der Waals surface area contributed by atoms with E-state index >= 15 is 0 Å². The molecule has 0 saturated carbocycles. The lowest BCUT2D eigenvalue weighted by Crippen LogP contribution is -2.59. The maximum atomic E-state index is 14.3. The minimum absolute atomic E-state index is 0.0747. The van der Waals surface area contributed by atoms with E-state index < -0.39 is 53.7 Å². The molecule has 10 N–H and O–H groups in total. The predicted molar refractivity (Wildman–Crippen MR) is 226 cm³/mol. The molecule has 284 valence electrons. The molecule has 13 nitrogen and oxygen atoms in total. The molecule has 0 unspecified atom stereocenters. The van der Waals surface area contributed by atoms with Crippen molar-refractivity contribution in [2.45, 2.75) is 63.2 Å². The van der Waals surface area contributed by atoms with Crippen molar-refractivity contribution in [2.75, 3.05) is 6.54 Å². The Labute approximate surface area is 341 Å². The van der Waals surface area contributed by atoms with Gasteiger partial charge in [0.05, 0.1) is 0 Å². The van der Waals surface area contributed by atoms with Crippen LogP contribution in [0.4, 0.5) is 0 Å². The SMILES string of the molecule is CC(=O)N[C@@H](Cc1ccc(I)cc1)C(=O)N[C@@H](Cc1ccc2ccccc2c1)C(=O)N[C@@H](Cc1ccc(I)cc1)C(=O)N[C@@H](CCCN=C(N)N)C(N)=O. The third-order valence-corrected chi connectivity index (χ3v) is 9.96. The summed E-state index contributed by atoms with van der Waals surface area (Å²) in [7, 11) is 0. The molecule has 4 aromatic carbocycles. The molecule has 0 aromatic heterocycles. The first kappa shape index (κ1) is 42.0. The van der Waals surface area contributed by atoms with Gasteiger partial charge in [-0.2, -0.15) is 0 Å². The molecule has 0 aliphatic heterocycles. The first-order valence-electron chi connectivity index (χ1n) is 17.3. The van der Waals surface area contributed by atoms with Crippen molar-refractivity contribution in [3.05, 3.63) is 115 Å². The van der Waals surface area contributed by atoms with Crippen LogP contribution in [0.25, 0.3) is 10.8 Å². The summed E-state index contributed by atoms with van der Waals surface area (Å²) in [6.07, 6.45) is 0.852. The molecule has 0 heterocycles. The number of amides is 5. The normalized spacial score (nSPS) is 13.1. The van der Waals surface area contributed by atoms with Crippen LogP contribution in [0.5, 0.6) is 0 Å². The summed E-state index contributed by atoms with van der Waals surface area (Å²) in [5.41, 5.74) is 18.8. The van der Waals surface area contributed by atoms with Crippen molar-refractivity contribution in [1.29, 1.82) is 0 Å². The summed E-state index contributed by atoms with van der Waals surface area (Å²) < 4.78 is 1.99. The molecular formula is C39H44I2N8O5. The molecule has 0 spiro atoms. The minimum atomic E-state index is -1.16. The number of fused-ring (bicyclic) bond motifs is 1. The Balaban J connectivity index is 1.63. The van der Waals surface area contributed by atoms with Gasteiger partial charge < -0.3 is 38.5 Å². The maximum absolute atomic E-state index is 14.3. The third-order valence-electron chi connectivity index (χ3n) is 8.53. The number of nitrogens with one attached hydrogen (secondary N) is 4. The summed E-state index contributed by atoms with van der Waals surface area (Å²) >= 11 is 4.35. The molecule has 0 radical (unpaired) electrons. The second-order valence-corrected chi connectivity index (χ2v) is 15.3. The number of nitrogens with two attached hydrogens (primary N) is 3. The fourth-order valence-electron chi connectivity index (χ4n) is 5.79. The number of carbonyl (C=O) groups is 5. The lowest BCUT2D eigenvalue weighted by Gasteiger charge is -2.26. The number of hydrogen-bond donors (Lipinski definition) is 7. The van der Waals surface area contributed by atoms with Crippen LogP contribution in [0.3, 0.4) is 0 Å². The van der Waals surface area contributed by atoms with Gasteiger partial charge in [-0.3, -0.25) is 29.0 Å². The standard InChI is InChI=1S/C39H44I2N8O5/c1-23(50)46-32(20-24-9-14-29(40)15-10-24)36(52)49-34(22-26-8-13-27-5-2-3-6-28(27)19-26)38(54)48-33(21-25-11-16-30(41)17-12-25)37(53)47-31(35(42)51)7-4-18-45-39(43)44/h2-3,5-6,8-17,19,31-34H,4,7,18,20-22H2,1H3,(H2,42,51)(H,46,50)(H,47,53)(H,48,54)(H,49,52)(H4,43,44,45)/t31-,32-,33-,34-/m0/s1. The Morgan fingerprint density at radius 2 is 1.04 bits per heavy atom. The van der Waals surface area contributed by atoms with E-state index in [4.69, 9.17) is 17.2 Å². The average Bonchev–Trinajstić information content (AvgIpc) is 3.13. The molecule has 0 bridgehead atoms. The summed E-state index contributed by atoms with van der Waals surface area (Å²) in [6, 6.07) is 24.1.